The number of hydrogen-bond acceptors (Lipinski definition) is 6. The molecule has 0 saturated heterocycles. The zero-order valence-electron chi connectivity index (χ0n) is 24.9. The van der Waals surface area contributed by atoms with Crippen molar-refractivity contribution in [3.63, 3.8) is 0 Å². The van der Waals surface area contributed by atoms with Gasteiger partial charge in [-0.15, -0.1) is 0 Å². The first-order valence-electron chi connectivity index (χ1n) is 14.9. The van der Waals surface area contributed by atoms with Crippen LogP contribution in [-0.2, 0) is 24.2 Å². The molecule has 0 rings (SSSR count). The first-order chi connectivity index (χ1) is 17.6. The molecule has 0 bridgehead atoms. The molecule has 1 unspecified atom stereocenters. The standard InChI is InChI=1S/C28H55O7PS.Na/c1-4-7-10-13-16-19-22-36(23-20-17-14-11-8-5-2,24-21-18-15-12-9-6-3)35-28(31)26(25-27(29)30)37(32,33)34;/h26H,4-25H2,1-3H3,(H-,29,30,32,33,34);/q;+1. The summed E-state index contributed by atoms with van der Waals surface area (Å²) >= 11 is 0. The molecule has 0 amide bonds. The number of carbonyl (C=O) groups is 2. The molecule has 220 valence electrons. The average Bonchev–Trinajstić information content (AvgIpc) is 2.83. The van der Waals surface area contributed by atoms with E-state index in [4.69, 9.17) is 4.52 Å². The Morgan fingerprint density at radius 2 is 1.00 bits per heavy atom. The summed E-state index contributed by atoms with van der Waals surface area (Å²) in [4.78, 5) is 24.2. The fourth-order valence-electron chi connectivity index (χ4n) is 4.72. The number of hydrogen-bond donors (Lipinski definition) is 1. The average molecular weight is 590 g/mol. The summed E-state index contributed by atoms with van der Waals surface area (Å²) in [5.41, 5.74) is 0. The van der Waals surface area contributed by atoms with Crippen LogP contribution in [0.1, 0.15) is 143 Å². The van der Waals surface area contributed by atoms with Crippen LogP contribution in [0.15, 0.2) is 0 Å². The molecule has 0 aromatic carbocycles. The summed E-state index contributed by atoms with van der Waals surface area (Å²) in [7, 11) is -7.24. The Labute approximate surface area is 256 Å². The van der Waals surface area contributed by atoms with Crippen LogP contribution in [0.3, 0.4) is 0 Å². The minimum Gasteiger partial charge on any atom is -0.550 e. The summed E-state index contributed by atoms with van der Waals surface area (Å²) in [6.07, 6.45) is 20.9. The van der Waals surface area contributed by atoms with Gasteiger partial charge >= 0.3 is 35.5 Å². The minimum atomic E-state index is -4.92. The molecule has 0 radical (unpaired) electrons. The Balaban J connectivity index is 0. The molecule has 38 heavy (non-hydrogen) atoms. The third kappa shape index (κ3) is 21.1. The SMILES string of the molecule is CCCCCCCC[P+](CCCCCCCC)(CCCCCCCC)OC(=O)C(CC(=O)[O-])S(=O)(=O)O.[Na+]. The number of carboxylic acid groups (broad SMARTS) is 1. The van der Waals surface area contributed by atoms with E-state index < -0.39 is 41.2 Å². The molecule has 0 fully saturated rings. The number of carbonyl (C=O) groups excluding carboxylic acids is 2. The fourth-order valence-corrected chi connectivity index (χ4v) is 9.29. The van der Waals surface area contributed by atoms with Gasteiger partial charge < -0.3 is 14.4 Å². The van der Waals surface area contributed by atoms with Crippen LogP contribution in [0.25, 0.3) is 0 Å². The molecule has 0 aromatic rings. The molecule has 10 heteroatoms. The summed E-state index contributed by atoms with van der Waals surface area (Å²) in [5, 5.41) is 9.00. The van der Waals surface area contributed by atoms with Crippen molar-refractivity contribution >= 4 is 29.5 Å². The number of rotatable bonds is 26. The van der Waals surface area contributed by atoms with E-state index in [0.717, 1.165) is 76.3 Å². The third-order valence-corrected chi connectivity index (χ3v) is 12.1. The molecule has 0 aliphatic carbocycles. The maximum atomic E-state index is 13.0. The second-order valence-corrected chi connectivity index (χ2v) is 15.8. The predicted octanol–water partition coefficient (Wildman–Crippen LogP) is 3.94. The van der Waals surface area contributed by atoms with Crippen molar-refractivity contribution in [1.29, 1.82) is 0 Å². The molecule has 0 aliphatic heterocycles. The number of aliphatic carboxylic acids is 1. The summed E-state index contributed by atoms with van der Waals surface area (Å²) in [6.45, 7) is 6.53. The second-order valence-electron chi connectivity index (χ2n) is 10.5. The van der Waals surface area contributed by atoms with Crippen LogP contribution in [0.5, 0.6) is 0 Å². The van der Waals surface area contributed by atoms with Crippen molar-refractivity contribution in [2.75, 3.05) is 18.5 Å². The normalized spacial score (nSPS) is 12.6. The molecular formula is C28H55NaO7PS+. The molecule has 0 heterocycles. The molecule has 7 nitrogen and oxygen atoms in total. The number of carboxylic acids is 1. The van der Waals surface area contributed by atoms with Crippen molar-refractivity contribution in [2.24, 2.45) is 0 Å². The van der Waals surface area contributed by atoms with Gasteiger partial charge in [0.15, 0.2) is 12.7 Å². The van der Waals surface area contributed by atoms with E-state index in [1.54, 1.807) is 0 Å². The Hall–Kier alpha value is 0.280. The van der Waals surface area contributed by atoms with E-state index in [-0.39, 0.29) is 29.6 Å². The van der Waals surface area contributed by atoms with Crippen molar-refractivity contribution in [3.05, 3.63) is 0 Å². The van der Waals surface area contributed by atoms with Gasteiger partial charge in [0.05, 0.1) is 18.5 Å². The van der Waals surface area contributed by atoms with E-state index in [1.807, 2.05) is 0 Å². The molecule has 0 aliphatic rings. The summed E-state index contributed by atoms with van der Waals surface area (Å²) < 4.78 is 39.3. The Bertz CT molecular complexity index is 663. The minimum absolute atomic E-state index is 0. The predicted molar refractivity (Wildman–Crippen MR) is 153 cm³/mol. The van der Waals surface area contributed by atoms with Crippen LogP contribution in [-0.4, -0.2) is 48.6 Å². The van der Waals surface area contributed by atoms with E-state index in [0.29, 0.717) is 0 Å². The zero-order chi connectivity index (χ0) is 28.0. The fraction of sp³-hybridized carbons (Fsp3) is 0.929. The van der Waals surface area contributed by atoms with Gasteiger partial charge in [0.1, 0.15) is 0 Å². The van der Waals surface area contributed by atoms with Gasteiger partial charge in [-0.1, -0.05) is 97.8 Å². The first kappa shape index (κ1) is 40.4. The van der Waals surface area contributed by atoms with Gasteiger partial charge in [-0.05, 0) is 38.5 Å². The van der Waals surface area contributed by atoms with E-state index in [2.05, 4.69) is 20.8 Å². The van der Waals surface area contributed by atoms with Crippen molar-refractivity contribution in [3.8, 4) is 0 Å². The van der Waals surface area contributed by atoms with Crippen LogP contribution in [0.2, 0.25) is 0 Å². The van der Waals surface area contributed by atoms with E-state index >= 15 is 0 Å². The number of unbranched alkanes of at least 4 members (excludes halogenated alkanes) is 15. The Kier molecular flexibility index (Phi) is 26.6. The molecule has 0 spiro atoms. The van der Waals surface area contributed by atoms with E-state index in [9.17, 15) is 27.7 Å². The molecule has 1 N–H and O–H groups in total. The van der Waals surface area contributed by atoms with Crippen molar-refractivity contribution in [1.82, 2.24) is 0 Å². The summed E-state index contributed by atoms with van der Waals surface area (Å²) in [6, 6.07) is 0. The van der Waals surface area contributed by atoms with E-state index in [1.165, 1.54) is 57.8 Å². The summed E-state index contributed by atoms with van der Waals surface area (Å²) in [5.74, 6) is -2.82. The van der Waals surface area contributed by atoms with Crippen LogP contribution >= 0.6 is 7.49 Å². The van der Waals surface area contributed by atoms with Gasteiger partial charge in [0.2, 0.25) is 0 Å². The maximum Gasteiger partial charge on any atom is 1.00 e. The van der Waals surface area contributed by atoms with Crippen LogP contribution in [0.4, 0.5) is 0 Å². The van der Waals surface area contributed by atoms with Crippen molar-refractivity contribution < 1.29 is 61.7 Å². The third-order valence-electron chi connectivity index (χ3n) is 7.02. The smallest absolute Gasteiger partial charge is 0.550 e. The van der Waals surface area contributed by atoms with Gasteiger partial charge in [-0.2, -0.15) is 8.42 Å². The molecule has 0 aromatic heterocycles. The van der Waals surface area contributed by atoms with Gasteiger partial charge in [0.25, 0.3) is 10.1 Å². The largest absolute Gasteiger partial charge is 1.00 e. The topological polar surface area (TPSA) is 121 Å². The quantitative estimate of drug-likeness (QED) is 0.0702. The Morgan fingerprint density at radius 3 is 1.29 bits per heavy atom. The van der Waals surface area contributed by atoms with Crippen LogP contribution < -0.4 is 34.7 Å². The van der Waals surface area contributed by atoms with Crippen LogP contribution in [0, 0.1) is 0 Å². The second kappa shape index (κ2) is 25.0. The zero-order valence-corrected chi connectivity index (χ0v) is 28.6. The first-order valence-corrected chi connectivity index (χ1v) is 18.6. The van der Waals surface area contributed by atoms with Gasteiger partial charge in [0, 0.05) is 12.4 Å². The van der Waals surface area contributed by atoms with Gasteiger partial charge in [-0.3, -0.25) is 4.55 Å². The monoisotopic (exact) mass is 589 g/mol. The molecule has 0 saturated carbocycles. The molecule has 1 atom stereocenters. The van der Waals surface area contributed by atoms with Gasteiger partial charge in [-0.25, -0.2) is 4.79 Å². The van der Waals surface area contributed by atoms with Crippen molar-refractivity contribution in [2.45, 2.75) is 148 Å². The molecular weight excluding hydrogens is 534 g/mol. The maximum absolute atomic E-state index is 13.0. The Morgan fingerprint density at radius 1 is 0.684 bits per heavy atom.